The molecule has 1 saturated carbocycles. The number of nitrogens with zero attached hydrogens (tertiary/aromatic N) is 1. The molecule has 1 unspecified atom stereocenters. The molecule has 4 heteroatoms. The van der Waals surface area contributed by atoms with Crippen LogP contribution in [0.3, 0.4) is 0 Å². The molecule has 118 valence electrons. The van der Waals surface area contributed by atoms with Crippen LogP contribution in [0.1, 0.15) is 25.3 Å². The van der Waals surface area contributed by atoms with Gasteiger partial charge in [0.05, 0.1) is 6.61 Å². The van der Waals surface area contributed by atoms with Crippen LogP contribution in [0.25, 0.3) is 0 Å². The number of ether oxygens (including phenoxy) is 1. The van der Waals surface area contributed by atoms with E-state index >= 15 is 0 Å². The molecule has 3 nitrogen and oxygen atoms in total. The van der Waals surface area contributed by atoms with Gasteiger partial charge >= 0.3 is 0 Å². The van der Waals surface area contributed by atoms with Gasteiger partial charge in [-0.15, -0.1) is 0 Å². The Hall–Kier alpha value is -0.420. The van der Waals surface area contributed by atoms with Crippen LogP contribution < -0.4 is 5.73 Å². The molecule has 0 heterocycles. The normalized spacial score (nSPS) is 18.0. The first-order chi connectivity index (χ1) is 10.0. The maximum absolute atomic E-state index is 6.06. The maximum atomic E-state index is 6.06. The molecule has 0 spiro atoms. The molecule has 1 aliphatic carbocycles. The van der Waals surface area contributed by atoms with Gasteiger partial charge in [0.2, 0.25) is 0 Å². The number of likely N-dealkylation sites (N-methyl/N-ethyl adjacent to an activating group) is 1. The summed E-state index contributed by atoms with van der Waals surface area (Å²) in [5.74, 6) is 0.832. The molecule has 2 N–H and O–H groups in total. The second-order valence-electron chi connectivity index (χ2n) is 6.44. The molecule has 0 radical (unpaired) electrons. The summed E-state index contributed by atoms with van der Waals surface area (Å²) < 4.78 is 6.86. The minimum atomic E-state index is -0.0310. The molecule has 21 heavy (non-hydrogen) atoms. The molecular weight excluding hydrogens is 328 g/mol. The third kappa shape index (κ3) is 5.37. The zero-order chi connectivity index (χ0) is 15.3. The summed E-state index contributed by atoms with van der Waals surface area (Å²) in [6.45, 7) is 5.53. The van der Waals surface area contributed by atoms with Crippen LogP contribution in [0.15, 0.2) is 28.7 Å². The molecule has 0 amide bonds. The molecule has 1 fully saturated rings. The van der Waals surface area contributed by atoms with Crippen LogP contribution in [-0.2, 0) is 11.2 Å². The van der Waals surface area contributed by atoms with E-state index in [4.69, 9.17) is 10.5 Å². The van der Waals surface area contributed by atoms with Crippen molar-refractivity contribution in [1.29, 1.82) is 0 Å². The van der Waals surface area contributed by atoms with Crippen molar-refractivity contribution in [1.82, 2.24) is 4.90 Å². The van der Waals surface area contributed by atoms with Gasteiger partial charge < -0.3 is 10.5 Å². The molecule has 1 aromatic carbocycles. The summed E-state index contributed by atoms with van der Waals surface area (Å²) in [4.78, 5) is 2.34. The fourth-order valence-electron chi connectivity index (χ4n) is 2.41. The summed E-state index contributed by atoms with van der Waals surface area (Å²) in [7, 11) is 2.15. The van der Waals surface area contributed by atoms with Crippen molar-refractivity contribution in [3.8, 4) is 0 Å². The Morgan fingerprint density at radius 3 is 2.57 bits per heavy atom. The lowest BCUT2D eigenvalue weighted by atomic mass is 9.91. The number of halogens is 1. The van der Waals surface area contributed by atoms with Gasteiger partial charge in [-0.1, -0.05) is 28.1 Å². The Kier molecular flexibility index (Phi) is 6.23. The van der Waals surface area contributed by atoms with Crippen molar-refractivity contribution in [2.24, 2.45) is 11.7 Å². The van der Waals surface area contributed by atoms with Crippen molar-refractivity contribution < 1.29 is 4.74 Å². The van der Waals surface area contributed by atoms with Gasteiger partial charge in [0, 0.05) is 29.7 Å². The van der Waals surface area contributed by atoms with Crippen LogP contribution in [0.2, 0.25) is 0 Å². The number of hydrogen-bond acceptors (Lipinski definition) is 3. The maximum Gasteiger partial charge on any atom is 0.0593 e. The largest absolute Gasteiger partial charge is 0.380 e. The highest BCUT2D eigenvalue weighted by atomic mass is 79.9. The van der Waals surface area contributed by atoms with Crippen LogP contribution in [0.4, 0.5) is 0 Å². The molecule has 1 aromatic rings. The van der Waals surface area contributed by atoms with Gasteiger partial charge in [-0.25, -0.2) is 0 Å². The molecule has 1 atom stereocenters. The van der Waals surface area contributed by atoms with Gasteiger partial charge in [0.1, 0.15) is 0 Å². The van der Waals surface area contributed by atoms with Gasteiger partial charge in [0.15, 0.2) is 0 Å². The second kappa shape index (κ2) is 7.73. The van der Waals surface area contributed by atoms with Crippen LogP contribution in [0.5, 0.6) is 0 Å². The lowest BCUT2D eigenvalue weighted by molar-refractivity contribution is 0.0659. The standard InChI is InChI=1S/C17H27BrN2O/c1-17(13-19,11-14-5-7-16(18)8-6-14)20(2)9-10-21-12-15-3-4-15/h5-8,15H,3-4,9-13,19H2,1-2H3. The van der Waals surface area contributed by atoms with E-state index in [0.717, 1.165) is 36.6 Å². The van der Waals surface area contributed by atoms with Crippen LogP contribution in [0, 0.1) is 5.92 Å². The molecule has 0 aromatic heterocycles. The molecule has 1 aliphatic rings. The summed E-state index contributed by atoms with van der Waals surface area (Å²) >= 11 is 3.48. The SMILES string of the molecule is CN(CCOCC1CC1)C(C)(CN)Cc1ccc(Br)cc1. The molecule has 0 aliphatic heterocycles. The lowest BCUT2D eigenvalue weighted by Crippen LogP contribution is -2.52. The van der Waals surface area contributed by atoms with Gasteiger partial charge in [-0.05, 0) is 56.8 Å². The Labute approximate surface area is 137 Å². The lowest BCUT2D eigenvalue weighted by Gasteiger charge is -2.38. The number of hydrogen-bond donors (Lipinski definition) is 1. The summed E-state index contributed by atoms with van der Waals surface area (Å²) in [5, 5.41) is 0. The molecule has 2 rings (SSSR count). The monoisotopic (exact) mass is 354 g/mol. The van der Waals surface area contributed by atoms with Crippen molar-refractivity contribution >= 4 is 15.9 Å². The highest BCUT2D eigenvalue weighted by Gasteiger charge is 2.28. The van der Waals surface area contributed by atoms with Gasteiger partial charge in [-0.2, -0.15) is 0 Å². The van der Waals surface area contributed by atoms with E-state index in [1.165, 1.54) is 18.4 Å². The van der Waals surface area contributed by atoms with Crippen molar-refractivity contribution in [2.45, 2.75) is 31.7 Å². The zero-order valence-corrected chi connectivity index (χ0v) is 14.7. The van der Waals surface area contributed by atoms with E-state index in [1.807, 2.05) is 0 Å². The van der Waals surface area contributed by atoms with E-state index in [-0.39, 0.29) is 5.54 Å². The van der Waals surface area contributed by atoms with Gasteiger partial charge in [0.25, 0.3) is 0 Å². The zero-order valence-electron chi connectivity index (χ0n) is 13.1. The average Bonchev–Trinajstić information content (AvgIpc) is 3.30. The minimum absolute atomic E-state index is 0.0310. The quantitative estimate of drug-likeness (QED) is 0.692. The minimum Gasteiger partial charge on any atom is -0.380 e. The number of nitrogens with two attached hydrogens (primary N) is 1. The van der Waals surface area contributed by atoms with E-state index in [1.54, 1.807) is 0 Å². The summed E-state index contributed by atoms with van der Waals surface area (Å²) in [6.07, 6.45) is 3.65. The fourth-order valence-corrected chi connectivity index (χ4v) is 2.68. The van der Waals surface area contributed by atoms with Crippen molar-refractivity contribution in [2.75, 3.05) is 33.4 Å². The first kappa shape index (κ1) is 16.9. The Morgan fingerprint density at radius 1 is 1.33 bits per heavy atom. The number of benzene rings is 1. The third-order valence-electron chi connectivity index (χ3n) is 4.48. The van der Waals surface area contributed by atoms with E-state index in [9.17, 15) is 0 Å². The van der Waals surface area contributed by atoms with Crippen LogP contribution in [-0.4, -0.2) is 43.8 Å². The summed E-state index contributed by atoms with van der Waals surface area (Å²) in [5.41, 5.74) is 7.34. The van der Waals surface area contributed by atoms with Crippen molar-refractivity contribution in [3.63, 3.8) is 0 Å². The predicted molar refractivity (Wildman–Crippen MR) is 91.5 cm³/mol. The Morgan fingerprint density at radius 2 is 2.00 bits per heavy atom. The van der Waals surface area contributed by atoms with E-state index in [0.29, 0.717) is 6.54 Å². The van der Waals surface area contributed by atoms with Crippen LogP contribution >= 0.6 is 15.9 Å². The highest BCUT2D eigenvalue weighted by molar-refractivity contribution is 9.10. The number of rotatable bonds is 9. The first-order valence-electron chi connectivity index (χ1n) is 7.77. The smallest absolute Gasteiger partial charge is 0.0593 e. The predicted octanol–water partition coefficient (Wildman–Crippen LogP) is 3.07. The highest BCUT2D eigenvalue weighted by Crippen LogP contribution is 2.28. The first-order valence-corrected chi connectivity index (χ1v) is 8.56. The van der Waals surface area contributed by atoms with Gasteiger partial charge in [-0.3, -0.25) is 4.90 Å². The molecule has 0 saturated heterocycles. The van der Waals surface area contributed by atoms with E-state index < -0.39 is 0 Å². The van der Waals surface area contributed by atoms with E-state index in [2.05, 4.69) is 59.1 Å². The summed E-state index contributed by atoms with van der Waals surface area (Å²) in [6, 6.07) is 8.50. The average molecular weight is 355 g/mol. The fraction of sp³-hybridized carbons (Fsp3) is 0.647. The third-order valence-corrected chi connectivity index (χ3v) is 5.01. The van der Waals surface area contributed by atoms with Crippen molar-refractivity contribution in [3.05, 3.63) is 34.3 Å². The Balaban J connectivity index is 1.83. The second-order valence-corrected chi connectivity index (χ2v) is 7.36. The molecule has 0 bridgehead atoms. The Bertz CT molecular complexity index is 433. The molecular formula is C17H27BrN2O. The topological polar surface area (TPSA) is 38.5 Å².